The molecule has 0 saturated heterocycles. The molecule has 0 amide bonds. The fourth-order valence-electron chi connectivity index (χ4n) is 3.60. The molecule has 0 aromatic heterocycles. The summed E-state index contributed by atoms with van der Waals surface area (Å²) < 4.78 is 18.4. The van der Waals surface area contributed by atoms with E-state index in [1.165, 1.54) is 12.8 Å². The maximum absolute atomic E-state index is 6.13. The molecule has 0 unspecified atom stereocenters. The van der Waals surface area contributed by atoms with E-state index in [-0.39, 0.29) is 24.8 Å². The van der Waals surface area contributed by atoms with Crippen molar-refractivity contribution >= 4 is 20.3 Å². The van der Waals surface area contributed by atoms with E-state index in [1.807, 2.05) is 0 Å². The van der Waals surface area contributed by atoms with Crippen LogP contribution in [0.1, 0.15) is 32.6 Å². The van der Waals surface area contributed by atoms with Crippen molar-refractivity contribution < 1.29 is 54.9 Å². The molecule has 164 valence electrons. The predicted octanol–water partition coefficient (Wildman–Crippen LogP) is 0.346. The minimum Gasteiger partial charge on any atom is -1.00 e. The third-order valence-electron chi connectivity index (χ3n) is 4.81. The molecule has 0 heterocycles. The minimum absolute atomic E-state index is 0. The quantitative estimate of drug-likeness (QED) is 0.364. The second-order valence-electron chi connectivity index (χ2n) is 9.34. The zero-order chi connectivity index (χ0) is 20.1. The number of halogens is 2. The molecular formula is C22H38Cl2O2Si2Zr. The van der Waals surface area contributed by atoms with E-state index < -0.39 is 37.9 Å². The fraction of sp³-hybridized carbons (Fsp3) is 0.591. The molecule has 0 aliphatic heterocycles. The van der Waals surface area contributed by atoms with Gasteiger partial charge < -0.3 is 24.8 Å². The molecule has 0 fully saturated rings. The molecular weight excluding hydrogens is 515 g/mol. The summed E-state index contributed by atoms with van der Waals surface area (Å²) in [6, 6.07) is 0. The van der Waals surface area contributed by atoms with Gasteiger partial charge >= 0.3 is 178 Å². The Hall–Kier alpha value is 0.647. The third-order valence-corrected chi connectivity index (χ3v) is 14.1. The van der Waals surface area contributed by atoms with Crippen LogP contribution in [-0.4, -0.2) is 33.6 Å². The van der Waals surface area contributed by atoms with Gasteiger partial charge in [-0.15, -0.1) is 0 Å². The zero-order valence-corrected chi connectivity index (χ0v) is 25.2. The maximum Gasteiger partial charge on any atom is -1.00 e. The van der Waals surface area contributed by atoms with Crippen molar-refractivity contribution in [2.45, 2.75) is 71.9 Å². The average molecular weight is 553 g/mol. The van der Waals surface area contributed by atoms with Gasteiger partial charge in [-0.05, 0) is 0 Å². The second kappa shape index (κ2) is 13.3. The van der Waals surface area contributed by atoms with Gasteiger partial charge in [0.05, 0.1) is 0 Å². The van der Waals surface area contributed by atoms with E-state index in [0.717, 1.165) is 26.1 Å². The number of hydrogen-bond acceptors (Lipinski definition) is 2. The Bertz CT molecular complexity index is 641. The SMILES string of the molecule is C[CH]=[Zr+2]([C]1=C(CCO[Si](C)(C)C)C=CC1)[C]1=C(CCO[Si](C)(C)C)C=CC1.[Cl-].[Cl-]. The van der Waals surface area contributed by atoms with E-state index in [9.17, 15) is 0 Å². The summed E-state index contributed by atoms with van der Waals surface area (Å²) in [7, 11) is -2.84. The smallest absolute Gasteiger partial charge is 1.00 e. The van der Waals surface area contributed by atoms with E-state index >= 15 is 0 Å². The topological polar surface area (TPSA) is 18.5 Å². The molecule has 0 aromatic rings. The average Bonchev–Trinajstić information content (AvgIpc) is 3.17. The molecule has 2 aliphatic rings. The summed E-state index contributed by atoms with van der Waals surface area (Å²) in [5.74, 6) is 0. The molecule has 2 rings (SSSR count). The van der Waals surface area contributed by atoms with Gasteiger partial charge in [0.25, 0.3) is 0 Å². The maximum atomic E-state index is 6.13. The van der Waals surface area contributed by atoms with Gasteiger partial charge in [0.2, 0.25) is 0 Å². The Balaban J connectivity index is 0.00000392. The molecule has 0 saturated carbocycles. The molecule has 2 nitrogen and oxygen atoms in total. The monoisotopic (exact) mass is 550 g/mol. The number of hydrogen-bond donors (Lipinski definition) is 0. The third kappa shape index (κ3) is 10.2. The Morgan fingerprint density at radius 1 is 0.793 bits per heavy atom. The van der Waals surface area contributed by atoms with Gasteiger partial charge in [0, 0.05) is 0 Å². The van der Waals surface area contributed by atoms with E-state index in [1.54, 1.807) is 17.7 Å². The van der Waals surface area contributed by atoms with Crippen LogP contribution in [0.4, 0.5) is 0 Å². The summed E-state index contributed by atoms with van der Waals surface area (Å²) in [6.45, 7) is 17.7. The van der Waals surface area contributed by atoms with Crippen molar-refractivity contribution in [1.82, 2.24) is 0 Å². The molecule has 29 heavy (non-hydrogen) atoms. The van der Waals surface area contributed by atoms with Crippen molar-refractivity contribution in [3.05, 3.63) is 42.0 Å². The second-order valence-corrected chi connectivity index (χ2v) is 24.8. The van der Waals surface area contributed by atoms with Gasteiger partial charge in [-0.1, -0.05) is 0 Å². The van der Waals surface area contributed by atoms with Crippen LogP contribution in [-0.2, 0) is 30.1 Å². The van der Waals surface area contributed by atoms with Gasteiger partial charge in [-0.2, -0.15) is 0 Å². The van der Waals surface area contributed by atoms with Crippen LogP contribution in [0.3, 0.4) is 0 Å². The largest absolute Gasteiger partial charge is 1.00 e. The van der Waals surface area contributed by atoms with Crippen LogP contribution < -0.4 is 24.8 Å². The van der Waals surface area contributed by atoms with Crippen molar-refractivity contribution in [2.24, 2.45) is 0 Å². The first-order chi connectivity index (χ1) is 12.6. The summed E-state index contributed by atoms with van der Waals surface area (Å²) in [5.41, 5.74) is 3.16. The normalized spacial score (nSPS) is 15.9. The molecule has 0 bridgehead atoms. The Labute approximate surface area is 201 Å². The summed E-state index contributed by atoms with van der Waals surface area (Å²) in [6.07, 6.45) is 14.0. The molecule has 0 N–H and O–H groups in total. The zero-order valence-electron chi connectivity index (χ0n) is 19.2. The molecule has 2 aliphatic carbocycles. The number of rotatable bonds is 10. The van der Waals surface area contributed by atoms with Crippen molar-refractivity contribution in [1.29, 1.82) is 0 Å². The first-order valence-electron chi connectivity index (χ1n) is 10.3. The minimum atomic E-state index is -1.86. The number of allylic oxidation sites excluding steroid dienone is 6. The van der Waals surface area contributed by atoms with Crippen molar-refractivity contribution in [2.75, 3.05) is 13.2 Å². The fourth-order valence-corrected chi connectivity index (χ4v) is 12.0. The first-order valence-corrected chi connectivity index (χ1v) is 21.0. The van der Waals surface area contributed by atoms with Gasteiger partial charge in [0.1, 0.15) is 0 Å². The molecule has 0 radical (unpaired) electrons. The van der Waals surface area contributed by atoms with E-state index in [4.69, 9.17) is 8.85 Å². The molecule has 0 aromatic carbocycles. The van der Waals surface area contributed by atoms with E-state index in [2.05, 4.69) is 74.2 Å². The Morgan fingerprint density at radius 3 is 1.48 bits per heavy atom. The molecule has 0 spiro atoms. The standard InChI is InChI=1S/2C10H17OSi.C2H4.2ClH.Zr/c2*1-12(2,3)11-9-8-10-6-4-5-7-10;1-2;;;/h2*4,6H,5,8-9H2,1-3H3;1H,2H3;2*1H;/q;;;;;+2/p-2. The predicted molar refractivity (Wildman–Crippen MR) is 121 cm³/mol. The van der Waals surface area contributed by atoms with E-state index in [0.29, 0.717) is 0 Å². The Morgan fingerprint density at radius 2 is 1.17 bits per heavy atom. The molecule has 0 atom stereocenters. The van der Waals surface area contributed by atoms with Crippen LogP contribution in [0.5, 0.6) is 0 Å². The first kappa shape index (κ1) is 29.6. The van der Waals surface area contributed by atoms with Crippen molar-refractivity contribution in [3.8, 4) is 0 Å². The van der Waals surface area contributed by atoms with Crippen LogP contribution in [0.25, 0.3) is 0 Å². The summed E-state index contributed by atoms with van der Waals surface area (Å²) in [4.78, 5) is 0. The van der Waals surface area contributed by atoms with Crippen LogP contribution in [0, 0.1) is 0 Å². The van der Waals surface area contributed by atoms with Crippen LogP contribution in [0.2, 0.25) is 39.3 Å². The van der Waals surface area contributed by atoms with Gasteiger partial charge in [-0.25, -0.2) is 0 Å². The van der Waals surface area contributed by atoms with Gasteiger partial charge in [0.15, 0.2) is 0 Å². The summed E-state index contributed by atoms with van der Waals surface area (Å²) >= 11 is -1.86. The molecule has 7 heteroatoms. The van der Waals surface area contributed by atoms with Crippen LogP contribution >= 0.6 is 0 Å². The van der Waals surface area contributed by atoms with Gasteiger partial charge in [-0.3, -0.25) is 0 Å². The van der Waals surface area contributed by atoms with Crippen molar-refractivity contribution in [3.63, 3.8) is 0 Å². The summed E-state index contributed by atoms with van der Waals surface area (Å²) in [5, 5.41) is 0. The Kier molecular flexibility index (Phi) is 13.5. The van der Waals surface area contributed by atoms with Crippen LogP contribution in [0.15, 0.2) is 42.0 Å².